The van der Waals surface area contributed by atoms with E-state index in [2.05, 4.69) is 22.1 Å². The minimum absolute atomic E-state index is 0. The van der Waals surface area contributed by atoms with Crippen LogP contribution in [0.1, 0.15) is 33.1 Å². The quantitative estimate of drug-likeness (QED) is 0.211. The summed E-state index contributed by atoms with van der Waals surface area (Å²) in [5.41, 5.74) is 0. The molecule has 0 saturated carbocycles. The normalized spacial score (nSPS) is 17.9. The summed E-state index contributed by atoms with van der Waals surface area (Å²) >= 11 is 0. The first-order valence-electron chi connectivity index (χ1n) is 9.00. The Labute approximate surface area is 164 Å². The molecule has 0 radical (unpaired) electrons. The van der Waals surface area contributed by atoms with E-state index in [1.54, 1.807) is 0 Å². The predicted molar refractivity (Wildman–Crippen MR) is 109 cm³/mol. The van der Waals surface area contributed by atoms with Crippen molar-refractivity contribution in [1.82, 2.24) is 10.2 Å². The topological polar surface area (TPSA) is 55.3 Å². The number of ether oxygens (including phenoxy) is 3. The fourth-order valence-electron chi connectivity index (χ4n) is 2.58. The molecule has 0 aromatic rings. The molecule has 6 nitrogen and oxygen atoms in total. The maximum atomic E-state index is 5.56. The van der Waals surface area contributed by atoms with Crippen LogP contribution in [0.4, 0.5) is 0 Å². The zero-order chi connectivity index (χ0) is 16.8. The summed E-state index contributed by atoms with van der Waals surface area (Å²) in [7, 11) is 1.83. The lowest BCUT2D eigenvalue weighted by Gasteiger charge is -2.21. The Hall–Kier alpha value is -0.120. The number of hydrogen-bond donors (Lipinski definition) is 1. The van der Waals surface area contributed by atoms with Crippen LogP contribution in [-0.2, 0) is 14.2 Å². The standard InChI is InChI=1S/C17H35N3O3.HI/c1-4-6-10-22-12-13-23-11-8-19-17(18-3)20-9-7-16(14-20)15-21-5-2;/h16H,4-15H2,1-3H3,(H,18,19);1H. The van der Waals surface area contributed by atoms with Gasteiger partial charge in [0.1, 0.15) is 0 Å². The summed E-state index contributed by atoms with van der Waals surface area (Å²) in [5.74, 6) is 1.58. The Morgan fingerprint density at radius 2 is 1.88 bits per heavy atom. The average Bonchev–Trinajstić information content (AvgIpc) is 3.03. The van der Waals surface area contributed by atoms with Gasteiger partial charge in [0, 0.05) is 45.8 Å². The van der Waals surface area contributed by atoms with Crippen LogP contribution in [0.2, 0.25) is 0 Å². The van der Waals surface area contributed by atoms with Crippen LogP contribution in [0.3, 0.4) is 0 Å². The van der Waals surface area contributed by atoms with Crippen molar-refractivity contribution < 1.29 is 14.2 Å². The second kappa shape index (κ2) is 16.4. The predicted octanol–water partition coefficient (Wildman–Crippen LogP) is 2.37. The minimum atomic E-state index is 0. The van der Waals surface area contributed by atoms with Crippen LogP contribution in [0.25, 0.3) is 0 Å². The lowest BCUT2D eigenvalue weighted by atomic mass is 10.1. The maximum Gasteiger partial charge on any atom is 0.193 e. The third-order valence-corrected chi connectivity index (χ3v) is 3.90. The monoisotopic (exact) mass is 457 g/mol. The van der Waals surface area contributed by atoms with Gasteiger partial charge in [-0.1, -0.05) is 13.3 Å². The van der Waals surface area contributed by atoms with Gasteiger partial charge in [-0.05, 0) is 19.8 Å². The van der Waals surface area contributed by atoms with Gasteiger partial charge in [-0.15, -0.1) is 24.0 Å². The molecule has 24 heavy (non-hydrogen) atoms. The Morgan fingerprint density at radius 1 is 1.12 bits per heavy atom. The van der Waals surface area contributed by atoms with Gasteiger partial charge in [0.05, 0.1) is 26.4 Å². The van der Waals surface area contributed by atoms with Gasteiger partial charge in [-0.25, -0.2) is 0 Å². The molecule has 0 amide bonds. The Morgan fingerprint density at radius 3 is 2.54 bits per heavy atom. The molecule has 144 valence electrons. The minimum Gasteiger partial charge on any atom is -0.381 e. The van der Waals surface area contributed by atoms with Gasteiger partial charge >= 0.3 is 0 Å². The van der Waals surface area contributed by atoms with Crippen molar-refractivity contribution in [2.75, 3.05) is 66.3 Å². The molecule has 1 heterocycles. The van der Waals surface area contributed by atoms with Crippen molar-refractivity contribution in [2.24, 2.45) is 10.9 Å². The number of likely N-dealkylation sites (tertiary alicyclic amines) is 1. The summed E-state index contributed by atoms with van der Waals surface area (Å²) in [4.78, 5) is 6.67. The summed E-state index contributed by atoms with van der Waals surface area (Å²) in [6.45, 7) is 11.5. The van der Waals surface area contributed by atoms with E-state index in [0.29, 0.717) is 25.7 Å². The Balaban J connectivity index is 0.00000529. The number of unbranched alkanes of at least 4 members (excludes halogenated alkanes) is 1. The van der Waals surface area contributed by atoms with E-state index in [4.69, 9.17) is 14.2 Å². The third kappa shape index (κ3) is 10.7. The Kier molecular flexibility index (Phi) is 16.3. The molecular formula is C17H36IN3O3. The summed E-state index contributed by atoms with van der Waals surface area (Å²) in [6.07, 6.45) is 3.47. The van der Waals surface area contributed by atoms with E-state index < -0.39 is 0 Å². The third-order valence-electron chi connectivity index (χ3n) is 3.90. The Bertz CT molecular complexity index is 319. The van der Waals surface area contributed by atoms with E-state index >= 15 is 0 Å². The van der Waals surface area contributed by atoms with Crippen molar-refractivity contribution in [3.05, 3.63) is 0 Å². The van der Waals surface area contributed by atoms with E-state index in [1.165, 1.54) is 12.8 Å². The van der Waals surface area contributed by atoms with E-state index in [0.717, 1.165) is 51.8 Å². The van der Waals surface area contributed by atoms with Gasteiger partial charge in [0.2, 0.25) is 0 Å². The van der Waals surface area contributed by atoms with Crippen LogP contribution in [0.5, 0.6) is 0 Å². The number of rotatable bonds is 12. The average molecular weight is 457 g/mol. The van der Waals surface area contributed by atoms with Crippen molar-refractivity contribution >= 4 is 29.9 Å². The zero-order valence-electron chi connectivity index (χ0n) is 15.6. The van der Waals surface area contributed by atoms with E-state index in [1.807, 2.05) is 14.0 Å². The molecule has 0 aromatic heterocycles. The first-order chi connectivity index (χ1) is 11.3. The molecule has 1 saturated heterocycles. The van der Waals surface area contributed by atoms with Crippen molar-refractivity contribution in [3.8, 4) is 0 Å². The van der Waals surface area contributed by atoms with Crippen molar-refractivity contribution in [1.29, 1.82) is 0 Å². The zero-order valence-corrected chi connectivity index (χ0v) is 17.9. The molecule has 0 bridgehead atoms. The molecule has 7 heteroatoms. The van der Waals surface area contributed by atoms with Crippen LogP contribution in [0, 0.1) is 5.92 Å². The van der Waals surface area contributed by atoms with Crippen molar-refractivity contribution in [3.63, 3.8) is 0 Å². The number of hydrogen-bond acceptors (Lipinski definition) is 4. The first kappa shape index (κ1) is 23.9. The number of halogens is 1. The summed E-state index contributed by atoms with van der Waals surface area (Å²) < 4.78 is 16.5. The SMILES string of the molecule is CCCCOCCOCCNC(=NC)N1CCC(COCC)C1.I. The molecule has 1 aliphatic heterocycles. The second-order valence-electron chi connectivity index (χ2n) is 5.81. The molecule has 1 rings (SSSR count). The smallest absolute Gasteiger partial charge is 0.193 e. The van der Waals surface area contributed by atoms with Gasteiger partial charge < -0.3 is 24.4 Å². The molecule has 0 aromatic carbocycles. The highest BCUT2D eigenvalue weighted by atomic mass is 127. The summed E-state index contributed by atoms with van der Waals surface area (Å²) in [5, 5.41) is 3.37. The molecule has 1 aliphatic rings. The fourth-order valence-corrected chi connectivity index (χ4v) is 2.58. The molecule has 1 atom stereocenters. The highest BCUT2D eigenvalue weighted by Crippen LogP contribution is 2.16. The highest BCUT2D eigenvalue weighted by molar-refractivity contribution is 14.0. The molecule has 0 spiro atoms. The number of aliphatic imine (C=N–C) groups is 1. The van der Waals surface area contributed by atoms with Crippen molar-refractivity contribution in [2.45, 2.75) is 33.1 Å². The van der Waals surface area contributed by atoms with Crippen LogP contribution < -0.4 is 5.32 Å². The number of nitrogens with zero attached hydrogens (tertiary/aromatic N) is 2. The number of guanidine groups is 1. The lowest BCUT2D eigenvalue weighted by Crippen LogP contribution is -2.41. The molecule has 0 aliphatic carbocycles. The fraction of sp³-hybridized carbons (Fsp3) is 0.941. The molecular weight excluding hydrogens is 421 g/mol. The van der Waals surface area contributed by atoms with Crippen LogP contribution >= 0.6 is 24.0 Å². The summed E-state index contributed by atoms with van der Waals surface area (Å²) in [6, 6.07) is 0. The van der Waals surface area contributed by atoms with Gasteiger partial charge in [0.25, 0.3) is 0 Å². The lowest BCUT2D eigenvalue weighted by molar-refractivity contribution is 0.0486. The molecule has 1 N–H and O–H groups in total. The first-order valence-corrected chi connectivity index (χ1v) is 9.00. The van der Waals surface area contributed by atoms with Crippen LogP contribution in [-0.4, -0.2) is 77.2 Å². The van der Waals surface area contributed by atoms with Gasteiger partial charge in [-0.2, -0.15) is 0 Å². The molecule has 1 fully saturated rings. The largest absolute Gasteiger partial charge is 0.381 e. The van der Waals surface area contributed by atoms with Gasteiger partial charge in [0.15, 0.2) is 5.96 Å². The molecule has 1 unspecified atom stereocenters. The van der Waals surface area contributed by atoms with E-state index in [9.17, 15) is 0 Å². The van der Waals surface area contributed by atoms with Crippen LogP contribution in [0.15, 0.2) is 4.99 Å². The maximum absolute atomic E-state index is 5.56. The highest BCUT2D eigenvalue weighted by Gasteiger charge is 2.24. The van der Waals surface area contributed by atoms with Gasteiger partial charge in [-0.3, -0.25) is 4.99 Å². The second-order valence-corrected chi connectivity index (χ2v) is 5.81. The van der Waals surface area contributed by atoms with E-state index in [-0.39, 0.29) is 24.0 Å². The number of nitrogens with one attached hydrogen (secondary N) is 1.